The van der Waals surface area contributed by atoms with Gasteiger partial charge in [-0.05, 0) is 23.3 Å². The van der Waals surface area contributed by atoms with Gasteiger partial charge in [-0.1, -0.05) is 30.3 Å². The van der Waals surface area contributed by atoms with Gasteiger partial charge in [0.1, 0.15) is 5.75 Å². The highest BCUT2D eigenvalue weighted by molar-refractivity contribution is 6.56. The molecule has 0 saturated carbocycles. The predicted octanol–water partition coefficient (Wildman–Crippen LogP) is 1.27. The average Bonchev–Trinajstić information content (AvgIpc) is 2.39. The van der Waals surface area contributed by atoms with Crippen LogP contribution in [0.15, 0.2) is 41.4 Å². The third-order valence-corrected chi connectivity index (χ3v) is 3.99. The van der Waals surface area contributed by atoms with E-state index in [0.717, 1.165) is 10.8 Å². The minimum absolute atomic E-state index is 0.0359. The molecule has 0 unspecified atom stereocenters. The quantitative estimate of drug-likeness (QED) is 0.379. The number of aliphatic imine (C=N–C) groups is 1. The first-order valence-corrected chi connectivity index (χ1v) is 8.40. The van der Waals surface area contributed by atoms with E-state index in [-0.39, 0.29) is 11.8 Å². The number of nitrogens with zero attached hydrogens (tertiary/aromatic N) is 1. The van der Waals surface area contributed by atoms with Gasteiger partial charge in [0, 0.05) is 24.4 Å². The Morgan fingerprint density at radius 3 is 2.55 bits per heavy atom. The largest absolute Gasteiger partial charge is 0.507 e. The van der Waals surface area contributed by atoms with E-state index in [2.05, 4.69) is 4.99 Å². The third-order valence-electron chi connectivity index (χ3n) is 2.97. The molecule has 0 fully saturated rings. The molecule has 0 aliphatic heterocycles. The fourth-order valence-electron chi connectivity index (χ4n) is 1.98. The van der Waals surface area contributed by atoms with Crippen LogP contribution in [0.25, 0.3) is 10.8 Å². The van der Waals surface area contributed by atoms with Gasteiger partial charge in [-0.3, -0.25) is 4.99 Å². The smallest absolute Gasteiger partial charge is 0.492 e. The van der Waals surface area contributed by atoms with Crippen molar-refractivity contribution in [2.75, 3.05) is 6.54 Å². The predicted molar refractivity (Wildman–Crippen MR) is 79.9 cm³/mol. The van der Waals surface area contributed by atoms with Crippen molar-refractivity contribution in [1.29, 1.82) is 0 Å². The van der Waals surface area contributed by atoms with Gasteiger partial charge in [0.2, 0.25) is 0 Å². The molecule has 0 aliphatic carbocycles. The Morgan fingerprint density at radius 1 is 1.05 bits per heavy atom. The maximum Gasteiger partial charge on any atom is 0.492 e. The lowest BCUT2D eigenvalue weighted by Crippen LogP contribution is -2.34. The molecular weight excluding hydrogens is 274 g/mol. The van der Waals surface area contributed by atoms with Crippen molar-refractivity contribution in [1.82, 2.24) is 0 Å². The van der Waals surface area contributed by atoms with E-state index < -0.39 is 8.80 Å². The second-order valence-electron chi connectivity index (χ2n) is 4.63. The SMILES string of the molecule is Oc1ccc2ccccc2c1C=NCCC[Si](O)(O)O. The summed E-state index contributed by atoms with van der Waals surface area (Å²) in [5.41, 5.74) is 0.642. The summed E-state index contributed by atoms with van der Waals surface area (Å²) in [4.78, 5) is 30.8. The summed E-state index contributed by atoms with van der Waals surface area (Å²) < 4.78 is 0. The van der Waals surface area contributed by atoms with Gasteiger partial charge >= 0.3 is 8.80 Å². The van der Waals surface area contributed by atoms with Crippen molar-refractivity contribution >= 4 is 25.8 Å². The van der Waals surface area contributed by atoms with Gasteiger partial charge in [-0.2, -0.15) is 0 Å². The molecular formula is C14H17NO4Si. The fourth-order valence-corrected chi connectivity index (χ4v) is 2.62. The first-order valence-electron chi connectivity index (χ1n) is 6.35. The van der Waals surface area contributed by atoms with Crippen molar-refractivity contribution in [3.8, 4) is 5.75 Å². The van der Waals surface area contributed by atoms with Crippen LogP contribution >= 0.6 is 0 Å². The van der Waals surface area contributed by atoms with E-state index in [9.17, 15) is 5.11 Å². The highest BCUT2D eigenvalue weighted by Crippen LogP contribution is 2.25. The lowest BCUT2D eigenvalue weighted by Gasteiger charge is -2.07. The van der Waals surface area contributed by atoms with Crippen molar-refractivity contribution in [2.45, 2.75) is 12.5 Å². The lowest BCUT2D eigenvalue weighted by atomic mass is 10.0. The molecule has 4 N–H and O–H groups in total. The number of hydrogen-bond acceptors (Lipinski definition) is 5. The number of benzene rings is 2. The molecule has 20 heavy (non-hydrogen) atoms. The summed E-state index contributed by atoms with van der Waals surface area (Å²) in [6.45, 7) is 0.360. The van der Waals surface area contributed by atoms with Crippen LogP contribution in [0.4, 0.5) is 0 Å². The van der Waals surface area contributed by atoms with Crippen molar-refractivity contribution in [3.63, 3.8) is 0 Å². The molecule has 0 atom stereocenters. The molecule has 0 amide bonds. The van der Waals surface area contributed by atoms with Gasteiger partial charge < -0.3 is 19.5 Å². The van der Waals surface area contributed by atoms with Crippen LogP contribution in [-0.2, 0) is 0 Å². The Kier molecular flexibility index (Phi) is 4.51. The number of hydrogen-bond donors (Lipinski definition) is 4. The first-order chi connectivity index (χ1) is 9.47. The van der Waals surface area contributed by atoms with Crippen LogP contribution in [0.5, 0.6) is 5.75 Å². The summed E-state index contributed by atoms with van der Waals surface area (Å²) in [6, 6.07) is 11.1. The normalized spacial score (nSPS) is 12.3. The van der Waals surface area contributed by atoms with Gasteiger partial charge in [-0.25, -0.2) is 0 Å². The minimum Gasteiger partial charge on any atom is -0.507 e. The van der Waals surface area contributed by atoms with Crippen LogP contribution in [0, 0.1) is 0 Å². The number of phenols is 1. The molecule has 0 spiro atoms. The molecule has 0 radical (unpaired) electrons. The highest BCUT2D eigenvalue weighted by atomic mass is 28.4. The number of rotatable bonds is 5. The average molecular weight is 291 g/mol. The van der Waals surface area contributed by atoms with Gasteiger partial charge in [0.25, 0.3) is 0 Å². The summed E-state index contributed by atoms with van der Waals surface area (Å²) in [6.07, 6.45) is 1.96. The van der Waals surface area contributed by atoms with Crippen LogP contribution in [0.1, 0.15) is 12.0 Å². The van der Waals surface area contributed by atoms with E-state index >= 15 is 0 Å². The zero-order valence-corrected chi connectivity index (χ0v) is 11.9. The van der Waals surface area contributed by atoms with E-state index in [0.29, 0.717) is 18.5 Å². The fraction of sp³-hybridized carbons (Fsp3) is 0.214. The van der Waals surface area contributed by atoms with Gasteiger partial charge in [-0.15, -0.1) is 0 Å². The second kappa shape index (κ2) is 6.15. The van der Waals surface area contributed by atoms with Crippen LogP contribution < -0.4 is 0 Å². The molecule has 6 heteroatoms. The highest BCUT2D eigenvalue weighted by Gasteiger charge is 2.25. The van der Waals surface area contributed by atoms with Crippen LogP contribution in [-0.4, -0.2) is 41.1 Å². The molecule has 0 aromatic heterocycles. The summed E-state index contributed by atoms with van der Waals surface area (Å²) in [7, 11) is -3.96. The summed E-state index contributed by atoms with van der Waals surface area (Å²) in [5, 5.41) is 11.8. The lowest BCUT2D eigenvalue weighted by molar-refractivity contribution is 0.227. The van der Waals surface area contributed by atoms with Crippen molar-refractivity contribution in [2.24, 2.45) is 4.99 Å². The van der Waals surface area contributed by atoms with E-state index in [1.54, 1.807) is 12.3 Å². The maximum absolute atomic E-state index is 9.89. The van der Waals surface area contributed by atoms with Crippen LogP contribution in [0.3, 0.4) is 0 Å². The minimum atomic E-state index is -3.96. The Labute approximate surface area is 117 Å². The standard InChI is InChI=1S/C14H17NO4Si/c16-14-7-6-11-4-1-2-5-12(11)13(14)10-15-8-3-9-20(17,18)19/h1-2,4-7,10,16-19H,3,8-9H2. The van der Waals surface area contributed by atoms with Crippen molar-refractivity contribution < 1.29 is 19.5 Å². The molecule has 0 aliphatic rings. The topological polar surface area (TPSA) is 93.3 Å². The van der Waals surface area contributed by atoms with Gasteiger partial charge in [0.15, 0.2) is 0 Å². The van der Waals surface area contributed by atoms with Crippen LogP contribution in [0.2, 0.25) is 6.04 Å². The molecule has 106 valence electrons. The van der Waals surface area contributed by atoms with E-state index in [1.807, 2.05) is 30.3 Å². The molecule has 2 aromatic carbocycles. The molecule has 2 rings (SSSR count). The first kappa shape index (κ1) is 14.7. The Bertz CT molecular complexity index is 622. The molecule has 0 heterocycles. The zero-order valence-electron chi connectivity index (χ0n) is 10.9. The molecule has 0 bridgehead atoms. The number of phenolic OH excluding ortho intramolecular Hbond substituents is 1. The monoisotopic (exact) mass is 291 g/mol. The van der Waals surface area contributed by atoms with Crippen molar-refractivity contribution in [3.05, 3.63) is 42.0 Å². The summed E-state index contributed by atoms with van der Waals surface area (Å²) in [5.74, 6) is 0.155. The molecule has 0 saturated heterocycles. The summed E-state index contributed by atoms with van der Waals surface area (Å²) >= 11 is 0. The number of fused-ring (bicyclic) bond motifs is 1. The molecule has 5 nitrogen and oxygen atoms in total. The third kappa shape index (κ3) is 3.88. The van der Waals surface area contributed by atoms with E-state index in [1.165, 1.54) is 0 Å². The van der Waals surface area contributed by atoms with Gasteiger partial charge in [0.05, 0.1) is 0 Å². The number of aromatic hydroxyl groups is 1. The maximum atomic E-state index is 9.89. The molecule has 2 aromatic rings. The van der Waals surface area contributed by atoms with E-state index in [4.69, 9.17) is 14.4 Å². The Hall–Kier alpha value is -1.73. The second-order valence-corrected chi connectivity index (χ2v) is 6.68. The Morgan fingerprint density at radius 2 is 1.80 bits per heavy atom. The zero-order chi connectivity index (χ0) is 14.6. The Balaban J connectivity index is 2.11.